The van der Waals surface area contributed by atoms with Crippen molar-refractivity contribution in [2.75, 3.05) is 11.9 Å². The van der Waals surface area contributed by atoms with Crippen LogP contribution in [0.25, 0.3) is 0 Å². The molecular weight excluding hydrogens is 384 g/mol. The summed E-state index contributed by atoms with van der Waals surface area (Å²) >= 11 is 3.42. The van der Waals surface area contributed by atoms with E-state index in [1.807, 2.05) is 25.1 Å². The summed E-state index contributed by atoms with van der Waals surface area (Å²) in [4.78, 5) is 39.0. The first-order valence-corrected chi connectivity index (χ1v) is 9.72. The SMILES string of the molecule is CCc1cc(Br)ccc1NC(=O)CN1C(=O)[C@@H]2[C@@H]3CC[C@H](C3)[C@@H]2C1=O. The van der Waals surface area contributed by atoms with Crippen LogP contribution < -0.4 is 5.32 Å². The summed E-state index contributed by atoms with van der Waals surface area (Å²) in [6.45, 7) is 1.84. The van der Waals surface area contributed by atoms with Crippen molar-refractivity contribution in [1.29, 1.82) is 0 Å². The lowest BCUT2D eigenvalue weighted by Crippen LogP contribution is -2.39. The average Bonchev–Trinajstić information content (AvgIpc) is 3.26. The van der Waals surface area contributed by atoms with Crippen LogP contribution in [0.5, 0.6) is 0 Å². The zero-order chi connectivity index (χ0) is 17.7. The molecule has 2 saturated carbocycles. The highest BCUT2D eigenvalue weighted by Crippen LogP contribution is 2.56. The standard InChI is InChI=1S/C19H21BrN2O3/c1-2-10-8-13(20)5-6-14(10)21-15(23)9-22-18(24)16-11-3-4-12(7-11)17(16)19(22)25/h5-6,8,11-12,16-17H,2-4,7,9H2,1H3,(H,21,23)/t11-,12-,16-,17+/m1/s1. The smallest absolute Gasteiger partial charge is 0.244 e. The fourth-order valence-corrected chi connectivity index (χ4v) is 5.34. The molecule has 1 saturated heterocycles. The molecule has 0 radical (unpaired) electrons. The summed E-state index contributed by atoms with van der Waals surface area (Å²) in [5.74, 6) is -0.231. The van der Waals surface area contributed by atoms with Gasteiger partial charge in [-0.05, 0) is 61.3 Å². The van der Waals surface area contributed by atoms with E-state index >= 15 is 0 Å². The van der Waals surface area contributed by atoms with Gasteiger partial charge in [-0.3, -0.25) is 19.3 Å². The fourth-order valence-electron chi connectivity index (χ4n) is 4.94. The molecule has 0 spiro atoms. The number of aryl methyl sites for hydroxylation is 1. The Balaban J connectivity index is 1.47. The van der Waals surface area contributed by atoms with Crippen molar-refractivity contribution in [3.63, 3.8) is 0 Å². The van der Waals surface area contributed by atoms with Crippen LogP contribution in [0.1, 0.15) is 31.7 Å². The van der Waals surface area contributed by atoms with Gasteiger partial charge in [0, 0.05) is 10.2 Å². The third kappa shape index (κ3) is 2.71. The van der Waals surface area contributed by atoms with Gasteiger partial charge in [-0.2, -0.15) is 0 Å². The maximum absolute atomic E-state index is 12.7. The largest absolute Gasteiger partial charge is 0.324 e. The van der Waals surface area contributed by atoms with Crippen LogP contribution in [-0.2, 0) is 20.8 Å². The maximum atomic E-state index is 12.7. The summed E-state index contributed by atoms with van der Waals surface area (Å²) in [5, 5.41) is 2.85. The summed E-state index contributed by atoms with van der Waals surface area (Å²) < 4.78 is 0.954. The number of rotatable bonds is 4. The molecule has 1 aliphatic heterocycles. The van der Waals surface area contributed by atoms with Gasteiger partial charge in [0.1, 0.15) is 6.54 Å². The van der Waals surface area contributed by atoms with E-state index in [1.165, 1.54) is 4.90 Å². The Hall–Kier alpha value is -1.69. The van der Waals surface area contributed by atoms with Gasteiger partial charge in [0.15, 0.2) is 0 Å². The van der Waals surface area contributed by atoms with E-state index in [0.29, 0.717) is 11.8 Å². The van der Waals surface area contributed by atoms with E-state index in [9.17, 15) is 14.4 Å². The van der Waals surface area contributed by atoms with Gasteiger partial charge in [-0.15, -0.1) is 0 Å². The Kier molecular flexibility index (Phi) is 4.18. The molecule has 2 aliphatic carbocycles. The molecule has 1 heterocycles. The molecule has 0 unspecified atom stereocenters. The van der Waals surface area contributed by atoms with Crippen LogP contribution in [0.2, 0.25) is 0 Å². The van der Waals surface area contributed by atoms with Crippen molar-refractivity contribution in [2.24, 2.45) is 23.7 Å². The Morgan fingerprint density at radius 1 is 1.20 bits per heavy atom. The highest BCUT2D eigenvalue weighted by molar-refractivity contribution is 9.10. The number of likely N-dealkylation sites (tertiary alicyclic amines) is 1. The summed E-state index contributed by atoms with van der Waals surface area (Å²) in [6, 6.07) is 5.66. The second kappa shape index (κ2) is 6.24. The first-order valence-electron chi connectivity index (χ1n) is 8.93. The van der Waals surface area contributed by atoms with Crippen LogP contribution >= 0.6 is 15.9 Å². The number of carbonyl (C=O) groups is 3. The maximum Gasteiger partial charge on any atom is 0.244 e. The zero-order valence-electron chi connectivity index (χ0n) is 14.1. The number of amides is 3. The number of imide groups is 1. The van der Waals surface area contributed by atoms with Gasteiger partial charge >= 0.3 is 0 Å². The Bertz CT molecular complexity index is 735. The fraction of sp³-hybridized carbons (Fsp3) is 0.526. The molecular formula is C19H21BrN2O3. The number of nitrogens with zero attached hydrogens (tertiary/aromatic N) is 1. The number of fused-ring (bicyclic) bond motifs is 5. The molecule has 4 rings (SSSR count). The minimum Gasteiger partial charge on any atom is -0.324 e. The van der Waals surface area contributed by atoms with Crippen molar-refractivity contribution >= 4 is 39.3 Å². The summed E-state index contributed by atoms with van der Waals surface area (Å²) in [7, 11) is 0. The average molecular weight is 405 g/mol. The normalized spacial score (nSPS) is 30.1. The molecule has 25 heavy (non-hydrogen) atoms. The minimum absolute atomic E-state index is 0.135. The lowest BCUT2D eigenvalue weighted by Gasteiger charge is -2.19. The lowest BCUT2D eigenvalue weighted by molar-refractivity contribution is -0.143. The molecule has 0 aromatic heterocycles. The molecule has 3 amide bonds. The first kappa shape index (κ1) is 16.8. The molecule has 1 aromatic rings. The molecule has 132 valence electrons. The van der Waals surface area contributed by atoms with E-state index in [4.69, 9.17) is 0 Å². The number of hydrogen-bond acceptors (Lipinski definition) is 3. The molecule has 1 N–H and O–H groups in total. The van der Waals surface area contributed by atoms with Crippen molar-refractivity contribution in [1.82, 2.24) is 4.90 Å². The minimum atomic E-state index is -0.314. The number of carbonyl (C=O) groups excluding carboxylic acids is 3. The Morgan fingerprint density at radius 2 is 1.84 bits per heavy atom. The molecule has 2 bridgehead atoms. The number of halogens is 1. The van der Waals surface area contributed by atoms with Crippen molar-refractivity contribution in [3.05, 3.63) is 28.2 Å². The zero-order valence-corrected chi connectivity index (χ0v) is 15.7. The van der Waals surface area contributed by atoms with Gasteiger partial charge < -0.3 is 5.32 Å². The predicted molar refractivity (Wildman–Crippen MR) is 96.7 cm³/mol. The topological polar surface area (TPSA) is 66.5 Å². The molecule has 3 fully saturated rings. The molecule has 6 heteroatoms. The number of nitrogens with one attached hydrogen (secondary N) is 1. The van der Waals surface area contributed by atoms with E-state index in [0.717, 1.165) is 41.4 Å². The molecule has 5 nitrogen and oxygen atoms in total. The van der Waals surface area contributed by atoms with Gasteiger partial charge in [0.25, 0.3) is 0 Å². The number of hydrogen-bond donors (Lipinski definition) is 1. The van der Waals surface area contributed by atoms with Gasteiger partial charge in [0.05, 0.1) is 11.8 Å². The highest BCUT2D eigenvalue weighted by atomic mass is 79.9. The first-order chi connectivity index (χ1) is 12.0. The van der Waals surface area contributed by atoms with Crippen molar-refractivity contribution in [2.45, 2.75) is 32.6 Å². The van der Waals surface area contributed by atoms with Crippen molar-refractivity contribution < 1.29 is 14.4 Å². The second-order valence-electron chi connectivity index (χ2n) is 7.35. The van der Waals surface area contributed by atoms with Gasteiger partial charge in [-0.25, -0.2) is 0 Å². The van der Waals surface area contributed by atoms with E-state index < -0.39 is 0 Å². The second-order valence-corrected chi connectivity index (χ2v) is 8.27. The van der Waals surface area contributed by atoms with Crippen LogP contribution in [0.3, 0.4) is 0 Å². The van der Waals surface area contributed by atoms with E-state index in [2.05, 4.69) is 21.2 Å². The Labute approximate surface area is 155 Å². The van der Waals surface area contributed by atoms with Crippen LogP contribution in [0.15, 0.2) is 22.7 Å². The number of anilines is 1. The lowest BCUT2D eigenvalue weighted by atomic mass is 9.81. The van der Waals surface area contributed by atoms with E-state index in [1.54, 1.807) is 0 Å². The van der Waals surface area contributed by atoms with Crippen LogP contribution in [0, 0.1) is 23.7 Å². The summed E-state index contributed by atoms with van der Waals surface area (Å²) in [5.41, 5.74) is 1.74. The molecule has 1 aromatic carbocycles. The summed E-state index contributed by atoms with van der Waals surface area (Å²) in [6.07, 6.45) is 3.88. The van der Waals surface area contributed by atoms with Crippen LogP contribution in [-0.4, -0.2) is 29.2 Å². The van der Waals surface area contributed by atoms with Gasteiger partial charge in [0.2, 0.25) is 17.7 Å². The highest BCUT2D eigenvalue weighted by Gasteiger charge is 2.60. The molecule has 3 aliphatic rings. The number of benzene rings is 1. The third-order valence-electron chi connectivity index (χ3n) is 6.04. The quantitative estimate of drug-likeness (QED) is 0.784. The predicted octanol–water partition coefficient (Wildman–Crippen LogP) is 2.98. The van der Waals surface area contributed by atoms with E-state index in [-0.39, 0.29) is 36.1 Å². The van der Waals surface area contributed by atoms with Gasteiger partial charge in [-0.1, -0.05) is 22.9 Å². The molecule has 4 atom stereocenters. The monoisotopic (exact) mass is 404 g/mol. The Morgan fingerprint density at radius 3 is 2.44 bits per heavy atom. The third-order valence-corrected chi connectivity index (χ3v) is 6.54. The van der Waals surface area contributed by atoms with Crippen molar-refractivity contribution in [3.8, 4) is 0 Å². The van der Waals surface area contributed by atoms with Crippen LogP contribution in [0.4, 0.5) is 5.69 Å².